The molecule has 1 N–H and O–H groups in total. The molecule has 2 heterocycles. The largest absolute Gasteiger partial charge is 0.342 e. The van der Waals surface area contributed by atoms with Crippen LogP contribution >= 0.6 is 24.2 Å². The van der Waals surface area contributed by atoms with Crippen molar-refractivity contribution < 1.29 is 4.79 Å². The van der Waals surface area contributed by atoms with Crippen LogP contribution in [-0.4, -0.2) is 48.0 Å². The predicted molar refractivity (Wildman–Crippen MR) is 91.4 cm³/mol. The van der Waals surface area contributed by atoms with Crippen molar-refractivity contribution in [2.75, 3.05) is 31.1 Å². The lowest BCUT2D eigenvalue weighted by Gasteiger charge is -2.25. The Hall–Kier alpha value is -0.710. The molecule has 21 heavy (non-hydrogen) atoms. The first kappa shape index (κ1) is 16.7. The Kier molecular flexibility index (Phi) is 6.40. The maximum absolute atomic E-state index is 12.4. The van der Waals surface area contributed by atoms with Crippen molar-refractivity contribution in [3.8, 4) is 0 Å². The lowest BCUT2D eigenvalue weighted by molar-refractivity contribution is -0.130. The van der Waals surface area contributed by atoms with Crippen LogP contribution in [0.3, 0.4) is 0 Å². The van der Waals surface area contributed by atoms with Gasteiger partial charge < -0.3 is 10.2 Å². The van der Waals surface area contributed by atoms with Crippen molar-refractivity contribution in [1.82, 2.24) is 10.2 Å². The number of nitrogens with zero attached hydrogens (tertiary/aromatic N) is 1. The molecule has 116 valence electrons. The number of hydrogen-bond donors (Lipinski definition) is 1. The molecule has 1 aromatic carbocycles. The fourth-order valence-corrected chi connectivity index (χ4v) is 4.02. The molecule has 2 unspecified atom stereocenters. The van der Waals surface area contributed by atoms with Gasteiger partial charge in [-0.15, -0.1) is 12.4 Å². The fourth-order valence-electron chi connectivity index (χ4n) is 3.07. The molecule has 2 aliphatic heterocycles. The van der Waals surface area contributed by atoms with E-state index in [4.69, 9.17) is 0 Å². The van der Waals surface area contributed by atoms with E-state index in [0.29, 0.717) is 24.3 Å². The number of carbonyl (C=O) groups excluding carboxylic acids is 1. The molecule has 2 saturated heterocycles. The number of carbonyl (C=O) groups is 1. The normalized spacial score (nSPS) is 25.4. The molecule has 0 bridgehead atoms. The Balaban J connectivity index is 0.00000161. The molecular formula is C16H23ClN2OS. The number of thioether (sulfide) groups is 1. The Labute approximate surface area is 137 Å². The van der Waals surface area contributed by atoms with Crippen LogP contribution in [0.1, 0.15) is 24.3 Å². The number of hydrogen-bond acceptors (Lipinski definition) is 3. The highest BCUT2D eigenvalue weighted by Crippen LogP contribution is 2.27. The van der Waals surface area contributed by atoms with Gasteiger partial charge in [0.25, 0.3) is 0 Å². The summed E-state index contributed by atoms with van der Waals surface area (Å²) in [5.41, 5.74) is 1.37. The summed E-state index contributed by atoms with van der Waals surface area (Å²) in [5.74, 6) is 3.09. The van der Waals surface area contributed by atoms with Crippen molar-refractivity contribution in [2.24, 2.45) is 0 Å². The van der Waals surface area contributed by atoms with E-state index in [-0.39, 0.29) is 12.4 Å². The summed E-state index contributed by atoms with van der Waals surface area (Å²) in [7, 11) is 0. The second kappa shape index (κ2) is 8.06. The summed E-state index contributed by atoms with van der Waals surface area (Å²) in [6, 6.07) is 11.0. The van der Waals surface area contributed by atoms with Gasteiger partial charge in [-0.1, -0.05) is 30.3 Å². The van der Waals surface area contributed by atoms with Crippen molar-refractivity contribution >= 4 is 30.1 Å². The first-order valence-corrected chi connectivity index (χ1v) is 8.62. The van der Waals surface area contributed by atoms with Gasteiger partial charge in [0.05, 0.1) is 0 Å². The van der Waals surface area contributed by atoms with E-state index in [2.05, 4.69) is 34.5 Å². The van der Waals surface area contributed by atoms with Gasteiger partial charge in [0.15, 0.2) is 0 Å². The third-order valence-electron chi connectivity index (χ3n) is 4.23. The number of rotatable bonds is 3. The van der Waals surface area contributed by atoms with Gasteiger partial charge in [0, 0.05) is 49.5 Å². The van der Waals surface area contributed by atoms with Crippen LogP contribution in [0.4, 0.5) is 0 Å². The second-order valence-corrected chi connectivity index (χ2v) is 6.82. The van der Waals surface area contributed by atoms with Gasteiger partial charge in [-0.3, -0.25) is 4.79 Å². The topological polar surface area (TPSA) is 32.3 Å². The van der Waals surface area contributed by atoms with Gasteiger partial charge in [0.2, 0.25) is 5.91 Å². The summed E-state index contributed by atoms with van der Waals surface area (Å²) in [4.78, 5) is 14.4. The van der Waals surface area contributed by atoms with E-state index in [1.165, 1.54) is 11.3 Å². The third-order valence-corrected chi connectivity index (χ3v) is 5.36. The summed E-state index contributed by atoms with van der Waals surface area (Å²) < 4.78 is 0. The molecule has 3 nitrogen and oxygen atoms in total. The molecule has 2 aliphatic rings. The maximum Gasteiger partial charge on any atom is 0.224 e. The molecule has 0 aliphatic carbocycles. The Morgan fingerprint density at radius 2 is 2.14 bits per heavy atom. The average Bonchev–Trinajstić information content (AvgIpc) is 2.99. The second-order valence-electron chi connectivity index (χ2n) is 5.67. The highest BCUT2D eigenvalue weighted by molar-refractivity contribution is 7.99. The first-order chi connectivity index (χ1) is 9.83. The summed E-state index contributed by atoms with van der Waals surface area (Å²) in [6.07, 6.45) is 1.76. The monoisotopic (exact) mass is 326 g/mol. The zero-order chi connectivity index (χ0) is 13.8. The highest BCUT2D eigenvalue weighted by atomic mass is 35.5. The zero-order valence-corrected chi connectivity index (χ0v) is 13.8. The Bertz CT molecular complexity index is 451. The molecular weight excluding hydrogens is 304 g/mol. The fraction of sp³-hybridized carbons (Fsp3) is 0.562. The minimum atomic E-state index is 0. The van der Waals surface area contributed by atoms with E-state index < -0.39 is 0 Å². The molecule has 5 heteroatoms. The van der Waals surface area contributed by atoms with Crippen molar-refractivity contribution in [3.05, 3.63) is 35.9 Å². The first-order valence-electron chi connectivity index (χ1n) is 7.47. The van der Waals surface area contributed by atoms with E-state index >= 15 is 0 Å². The van der Waals surface area contributed by atoms with Crippen molar-refractivity contribution in [3.63, 3.8) is 0 Å². The van der Waals surface area contributed by atoms with Gasteiger partial charge in [-0.2, -0.15) is 11.8 Å². The number of benzene rings is 1. The molecule has 0 radical (unpaired) electrons. The lowest BCUT2D eigenvalue weighted by atomic mass is 9.99. The Morgan fingerprint density at radius 1 is 1.33 bits per heavy atom. The Morgan fingerprint density at radius 3 is 2.86 bits per heavy atom. The van der Waals surface area contributed by atoms with E-state index in [1.807, 2.05) is 17.8 Å². The van der Waals surface area contributed by atoms with Crippen LogP contribution in [0, 0.1) is 0 Å². The third kappa shape index (κ3) is 4.38. The van der Waals surface area contributed by atoms with Crippen LogP contribution < -0.4 is 5.32 Å². The molecule has 2 atom stereocenters. The standard InChI is InChI=1S/C16H22N2OS.ClH/c19-16(10-15-12-20-9-7-17-15)18-8-6-14(11-18)13-4-2-1-3-5-13;/h1-5,14-15,17H,6-12H2;1H. The lowest BCUT2D eigenvalue weighted by Crippen LogP contribution is -2.42. The molecule has 1 aromatic rings. The molecule has 0 aromatic heterocycles. The average molecular weight is 327 g/mol. The summed E-state index contributed by atoms with van der Waals surface area (Å²) >= 11 is 1.95. The van der Waals surface area contributed by atoms with Crippen molar-refractivity contribution in [2.45, 2.75) is 24.8 Å². The highest BCUT2D eigenvalue weighted by Gasteiger charge is 2.28. The predicted octanol–water partition coefficient (Wildman–Crippen LogP) is 2.52. The van der Waals surface area contributed by atoms with E-state index in [0.717, 1.165) is 31.8 Å². The minimum absolute atomic E-state index is 0. The SMILES string of the molecule is Cl.O=C(CC1CSCCN1)N1CCC(c2ccccc2)C1. The van der Waals surface area contributed by atoms with E-state index in [9.17, 15) is 4.79 Å². The van der Waals surface area contributed by atoms with Crippen LogP contribution in [0.25, 0.3) is 0 Å². The van der Waals surface area contributed by atoms with Crippen LogP contribution in [-0.2, 0) is 4.79 Å². The minimum Gasteiger partial charge on any atom is -0.342 e. The number of nitrogens with one attached hydrogen (secondary N) is 1. The molecule has 3 rings (SSSR count). The van der Waals surface area contributed by atoms with E-state index in [1.54, 1.807) is 0 Å². The molecule has 2 fully saturated rings. The van der Waals surface area contributed by atoms with Gasteiger partial charge in [-0.05, 0) is 12.0 Å². The van der Waals surface area contributed by atoms with Crippen LogP contribution in [0.15, 0.2) is 30.3 Å². The van der Waals surface area contributed by atoms with Crippen LogP contribution in [0.2, 0.25) is 0 Å². The number of amides is 1. The molecule has 0 spiro atoms. The van der Waals surface area contributed by atoms with Gasteiger partial charge >= 0.3 is 0 Å². The smallest absolute Gasteiger partial charge is 0.224 e. The van der Waals surface area contributed by atoms with Gasteiger partial charge in [0.1, 0.15) is 0 Å². The quantitative estimate of drug-likeness (QED) is 0.926. The van der Waals surface area contributed by atoms with Gasteiger partial charge in [-0.25, -0.2) is 0 Å². The molecule has 1 amide bonds. The number of likely N-dealkylation sites (tertiary alicyclic amines) is 1. The van der Waals surface area contributed by atoms with Crippen molar-refractivity contribution in [1.29, 1.82) is 0 Å². The summed E-state index contributed by atoms with van der Waals surface area (Å²) in [5, 5.41) is 3.45. The van der Waals surface area contributed by atoms with Crippen LogP contribution in [0.5, 0.6) is 0 Å². The number of halogens is 1. The maximum atomic E-state index is 12.4. The summed E-state index contributed by atoms with van der Waals surface area (Å²) in [6.45, 7) is 2.84. The zero-order valence-electron chi connectivity index (χ0n) is 12.2. The molecule has 0 saturated carbocycles.